The number of nitrogens with zero attached hydrogens (tertiary/aromatic N) is 3. The van der Waals surface area contributed by atoms with E-state index < -0.39 is 20.5 Å². The third-order valence-electron chi connectivity index (χ3n) is 4.86. The quantitative estimate of drug-likeness (QED) is 0.574. The third kappa shape index (κ3) is 3.07. The van der Waals surface area contributed by atoms with Gasteiger partial charge >= 0.3 is 5.76 Å². The fourth-order valence-electron chi connectivity index (χ4n) is 3.43. The second-order valence-electron chi connectivity index (χ2n) is 6.65. The highest BCUT2D eigenvalue weighted by Gasteiger charge is 2.40. The largest absolute Gasteiger partial charge is 0.421 e. The minimum atomic E-state index is -3.04. The molecule has 10 heteroatoms. The molecule has 25 heavy (non-hydrogen) atoms. The molecule has 0 spiro atoms. The number of rotatable bonds is 5. The number of hydrogen-bond acceptors (Lipinski definition) is 7. The first-order valence-electron chi connectivity index (χ1n) is 8.08. The fraction of sp³-hybridized carbons (Fsp3) is 0.533. The highest BCUT2D eigenvalue weighted by molar-refractivity contribution is 7.91. The summed E-state index contributed by atoms with van der Waals surface area (Å²) < 4.78 is 30.1. The number of nitro benzene ring substituents is 1. The number of sulfone groups is 1. The summed E-state index contributed by atoms with van der Waals surface area (Å²) in [6.45, 7) is 0.178. The average Bonchev–Trinajstić information content (AvgIpc) is 3.25. The maximum atomic E-state index is 12.2. The van der Waals surface area contributed by atoms with Gasteiger partial charge in [-0.2, -0.15) is 0 Å². The molecule has 9 nitrogen and oxygen atoms in total. The zero-order chi connectivity index (χ0) is 17.8. The molecule has 1 atom stereocenters. The lowest BCUT2D eigenvalue weighted by Crippen LogP contribution is -2.41. The Morgan fingerprint density at radius 2 is 2.04 bits per heavy atom. The number of benzene rings is 1. The van der Waals surface area contributed by atoms with Gasteiger partial charge in [-0.1, -0.05) is 0 Å². The molecule has 0 unspecified atom stereocenters. The van der Waals surface area contributed by atoms with Gasteiger partial charge in [0.05, 0.1) is 28.6 Å². The molecule has 4 rings (SSSR count). The fourth-order valence-corrected chi connectivity index (χ4v) is 5.18. The number of aromatic nitrogens is 1. The molecule has 0 bridgehead atoms. The summed E-state index contributed by atoms with van der Waals surface area (Å²) in [6, 6.07) is 4.13. The Bertz CT molecular complexity index is 1000. The molecule has 1 aliphatic carbocycles. The van der Waals surface area contributed by atoms with E-state index in [9.17, 15) is 23.3 Å². The molecule has 2 aromatic rings. The smallest absolute Gasteiger partial charge is 0.408 e. The predicted octanol–water partition coefficient (Wildman–Crippen LogP) is 1.11. The van der Waals surface area contributed by atoms with Gasteiger partial charge in [0.25, 0.3) is 5.69 Å². The molecule has 2 aliphatic rings. The molecule has 1 aliphatic heterocycles. The van der Waals surface area contributed by atoms with E-state index in [-0.39, 0.29) is 41.5 Å². The molecule has 0 radical (unpaired) electrons. The van der Waals surface area contributed by atoms with E-state index in [1.165, 1.54) is 22.8 Å². The van der Waals surface area contributed by atoms with Gasteiger partial charge in [0.1, 0.15) is 0 Å². The van der Waals surface area contributed by atoms with Crippen LogP contribution in [0.5, 0.6) is 0 Å². The number of oxazole rings is 1. The van der Waals surface area contributed by atoms with Gasteiger partial charge < -0.3 is 4.42 Å². The number of non-ortho nitro benzene ring substituents is 1. The van der Waals surface area contributed by atoms with Crippen LogP contribution in [-0.2, 0) is 16.5 Å². The minimum absolute atomic E-state index is 0.0915. The van der Waals surface area contributed by atoms with E-state index in [0.717, 1.165) is 12.8 Å². The molecule has 1 saturated heterocycles. The lowest BCUT2D eigenvalue weighted by molar-refractivity contribution is -0.384. The van der Waals surface area contributed by atoms with Crippen molar-refractivity contribution < 1.29 is 17.8 Å². The van der Waals surface area contributed by atoms with Crippen LogP contribution >= 0.6 is 0 Å². The van der Waals surface area contributed by atoms with Crippen LogP contribution in [-0.4, -0.2) is 46.4 Å². The zero-order valence-electron chi connectivity index (χ0n) is 13.3. The number of nitro groups is 1. The van der Waals surface area contributed by atoms with E-state index in [1.807, 2.05) is 4.90 Å². The molecular weight excluding hydrogens is 350 g/mol. The van der Waals surface area contributed by atoms with E-state index in [4.69, 9.17) is 4.42 Å². The second-order valence-corrected chi connectivity index (χ2v) is 8.88. The van der Waals surface area contributed by atoms with Crippen molar-refractivity contribution in [2.75, 3.05) is 11.5 Å². The van der Waals surface area contributed by atoms with Gasteiger partial charge in [0.15, 0.2) is 15.4 Å². The highest BCUT2D eigenvalue weighted by atomic mass is 32.2. The summed E-state index contributed by atoms with van der Waals surface area (Å²) in [5.41, 5.74) is 0.513. The van der Waals surface area contributed by atoms with Crippen LogP contribution in [0.4, 0.5) is 5.69 Å². The van der Waals surface area contributed by atoms with Crippen LogP contribution in [0.1, 0.15) is 19.3 Å². The van der Waals surface area contributed by atoms with Crippen molar-refractivity contribution in [3.05, 3.63) is 38.9 Å². The SMILES string of the molecule is O=c1oc2ccc([N+](=O)[O-])cc2n1CN(C1CC1)[C@@H]1CCS(=O)(=O)C1. The van der Waals surface area contributed by atoms with Crippen molar-refractivity contribution in [3.63, 3.8) is 0 Å². The Morgan fingerprint density at radius 1 is 1.28 bits per heavy atom. The van der Waals surface area contributed by atoms with Gasteiger partial charge in [-0.3, -0.25) is 19.6 Å². The Balaban J connectivity index is 1.71. The summed E-state index contributed by atoms with van der Waals surface area (Å²) in [4.78, 5) is 24.7. The normalized spacial score (nSPS) is 22.7. The summed E-state index contributed by atoms with van der Waals surface area (Å²) in [7, 11) is -3.04. The van der Waals surface area contributed by atoms with Crippen LogP contribution < -0.4 is 5.76 Å². The van der Waals surface area contributed by atoms with Gasteiger partial charge in [-0.15, -0.1) is 0 Å². The van der Waals surface area contributed by atoms with Gasteiger partial charge in [-0.25, -0.2) is 13.2 Å². The first-order chi connectivity index (χ1) is 11.8. The minimum Gasteiger partial charge on any atom is -0.408 e. The van der Waals surface area contributed by atoms with Crippen LogP contribution in [0, 0.1) is 10.1 Å². The van der Waals surface area contributed by atoms with E-state index >= 15 is 0 Å². The Hall–Kier alpha value is -2.20. The first-order valence-corrected chi connectivity index (χ1v) is 9.90. The summed E-state index contributed by atoms with van der Waals surface area (Å²) in [6.07, 6.45) is 2.46. The van der Waals surface area contributed by atoms with E-state index in [1.54, 1.807) is 0 Å². The summed E-state index contributed by atoms with van der Waals surface area (Å²) in [5, 5.41) is 11.0. The summed E-state index contributed by atoms with van der Waals surface area (Å²) in [5.74, 6) is -0.344. The predicted molar refractivity (Wildman–Crippen MR) is 89.0 cm³/mol. The Morgan fingerprint density at radius 3 is 2.64 bits per heavy atom. The van der Waals surface area contributed by atoms with Crippen molar-refractivity contribution in [2.24, 2.45) is 0 Å². The second kappa shape index (κ2) is 5.67. The maximum absolute atomic E-state index is 12.2. The lowest BCUT2D eigenvalue weighted by atomic mass is 10.2. The molecule has 2 fully saturated rings. The van der Waals surface area contributed by atoms with Crippen molar-refractivity contribution >= 4 is 26.6 Å². The number of hydrogen-bond donors (Lipinski definition) is 0. The van der Waals surface area contributed by atoms with Gasteiger partial charge in [0.2, 0.25) is 0 Å². The van der Waals surface area contributed by atoms with Crippen LogP contribution in [0.3, 0.4) is 0 Å². The Labute approximate surface area is 142 Å². The molecule has 2 heterocycles. The first kappa shape index (κ1) is 16.3. The topological polar surface area (TPSA) is 116 Å². The molecule has 134 valence electrons. The molecule has 1 aromatic heterocycles. The van der Waals surface area contributed by atoms with Crippen molar-refractivity contribution in [1.82, 2.24) is 9.47 Å². The van der Waals surface area contributed by atoms with Gasteiger partial charge in [-0.05, 0) is 25.3 Å². The molecular formula is C15H17N3O6S. The zero-order valence-corrected chi connectivity index (χ0v) is 14.1. The van der Waals surface area contributed by atoms with Crippen molar-refractivity contribution in [2.45, 2.75) is 38.0 Å². The van der Waals surface area contributed by atoms with Crippen LogP contribution in [0.25, 0.3) is 11.1 Å². The van der Waals surface area contributed by atoms with E-state index in [0.29, 0.717) is 11.9 Å². The van der Waals surface area contributed by atoms with Gasteiger partial charge in [0, 0.05) is 24.2 Å². The van der Waals surface area contributed by atoms with Crippen LogP contribution in [0.15, 0.2) is 27.4 Å². The van der Waals surface area contributed by atoms with Crippen molar-refractivity contribution in [3.8, 4) is 0 Å². The molecule has 1 saturated carbocycles. The highest BCUT2D eigenvalue weighted by Crippen LogP contribution is 2.33. The van der Waals surface area contributed by atoms with E-state index in [2.05, 4.69) is 0 Å². The third-order valence-corrected chi connectivity index (χ3v) is 6.61. The lowest BCUT2D eigenvalue weighted by Gasteiger charge is -2.27. The molecule has 0 N–H and O–H groups in total. The van der Waals surface area contributed by atoms with Crippen LogP contribution in [0.2, 0.25) is 0 Å². The van der Waals surface area contributed by atoms with Crippen molar-refractivity contribution in [1.29, 1.82) is 0 Å². The molecule has 0 amide bonds. The summed E-state index contributed by atoms with van der Waals surface area (Å²) >= 11 is 0. The molecule has 1 aromatic carbocycles. The maximum Gasteiger partial charge on any atom is 0.421 e. The Kier molecular flexibility index (Phi) is 3.69. The average molecular weight is 367 g/mol. The number of fused-ring (bicyclic) bond motifs is 1. The standard InChI is InChI=1S/C15H17N3O6S/c19-15-17(13-7-11(18(20)21)3-4-14(13)24-15)9-16(10-1-2-10)12-5-6-25(22,23)8-12/h3-4,7,10,12H,1-2,5-6,8-9H2/t12-/m1/s1. The monoisotopic (exact) mass is 367 g/mol.